The Morgan fingerprint density at radius 1 is 1.17 bits per heavy atom. The van der Waals surface area contributed by atoms with Crippen LogP contribution in [0, 0.1) is 0 Å². The maximum absolute atomic E-state index is 12.8. The number of amides is 3. The molecule has 0 saturated carbocycles. The van der Waals surface area contributed by atoms with Gasteiger partial charge in [-0.3, -0.25) is 19.4 Å². The van der Waals surface area contributed by atoms with E-state index in [4.69, 9.17) is 17.2 Å². The van der Waals surface area contributed by atoms with Gasteiger partial charge in [0.15, 0.2) is 5.96 Å². The average Bonchev–Trinajstić information content (AvgIpc) is 3.31. The third-order valence-electron chi connectivity index (χ3n) is 5.58. The summed E-state index contributed by atoms with van der Waals surface area (Å²) in [5.74, 6) is -2.78. The van der Waals surface area contributed by atoms with Crippen molar-refractivity contribution in [3.8, 4) is 5.75 Å². The molecule has 10 N–H and O–H groups in total. The van der Waals surface area contributed by atoms with E-state index in [0.717, 1.165) is 0 Å². The number of carbonyl (C=O) groups excluding carboxylic acids is 3. The number of nitrogens with zero attached hydrogens (tertiary/aromatic N) is 2. The highest BCUT2D eigenvalue weighted by atomic mass is 16.4. The molecule has 3 unspecified atom stereocenters. The molecule has 3 amide bonds. The van der Waals surface area contributed by atoms with Gasteiger partial charge in [0.05, 0.1) is 12.6 Å². The maximum atomic E-state index is 12.8. The predicted octanol–water partition coefficient (Wildman–Crippen LogP) is -2.01. The molecule has 0 spiro atoms. The van der Waals surface area contributed by atoms with E-state index in [9.17, 15) is 29.4 Å². The fourth-order valence-corrected chi connectivity index (χ4v) is 3.72. The minimum atomic E-state index is -1.22. The molecule has 3 atom stereocenters. The van der Waals surface area contributed by atoms with E-state index in [0.29, 0.717) is 44.3 Å². The van der Waals surface area contributed by atoms with E-state index in [1.807, 2.05) is 0 Å². The van der Waals surface area contributed by atoms with Gasteiger partial charge in [-0.1, -0.05) is 12.1 Å². The molecule has 13 nitrogen and oxygen atoms in total. The van der Waals surface area contributed by atoms with Crippen LogP contribution in [0.3, 0.4) is 0 Å². The van der Waals surface area contributed by atoms with Gasteiger partial charge in [0.2, 0.25) is 17.7 Å². The fourth-order valence-electron chi connectivity index (χ4n) is 3.72. The Morgan fingerprint density at radius 2 is 1.86 bits per heavy atom. The zero-order valence-corrected chi connectivity index (χ0v) is 19.4. The van der Waals surface area contributed by atoms with Crippen LogP contribution >= 0.6 is 0 Å². The number of aromatic hydroxyl groups is 1. The van der Waals surface area contributed by atoms with Gasteiger partial charge < -0.3 is 42.9 Å². The van der Waals surface area contributed by atoms with Crippen LogP contribution in [0.1, 0.15) is 31.2 Å². The molecule has 0 aliphatic carbocycles. The number of hydrogen-bond donors (Lipinski definition) is 7. The van der Waals surface area contributed by atoms with Gasteiger partial charge in [-0.15, -0.1) is 0 Å². The zero-order chi connectivity index (χ0) is 26.0. The summed E-state index contributed by atoms with van der Waals surface area (Å²) in [7, 11) is 0. The van der Waals surface area contributed by atoms with Crippen molar-refractivity contribution in [1.82, 2.24) is 15.5 Å². The van der Waals surface area contributed by atoms with Crippen LogP contribution in [0.4, 0.5) is 0 Å². The minimum absolute atomic E-state index is 0.0130. The average molecular weight is 492 g/mol. The lowest BCUT2D eigenvalue weighted by Crippen LogP contribution is -2.53. The van der Waals surface area contributed by atoms with E-state index in [-0.39, 0.29) is 24.7 Å². The summed E-state index contributed by atoms with van der Waals surface area (Å²) in [6.45, 7) is 0.310. The van der Waals surface area contributed by atoms with E-state index >= 15 is 0 Å². The molecule has 1 aliphatic rings. The molecule has 0 radical (unpaired) electrons. The first-order valence-corrected chi connectivity index (χ1v) is 11.3. The van der Waals surface area contributed by atoms with Gasteiger partial charge in [0, 0.05) is 19.5 Å². The van der Waals surface area contributed by atoms with E-state index in [1.54, 1.807) is 12.1 Å². The van der Waals surface area contributed by atoms with E-state index in [2.05, 4.69) is 15.6 Å². The quantitative estimate of drug-likeness (QED) is 0.0972. The normalized spacial score (nSPS) is 16.7. The number of guanidine groups is 1. The molecule has 0 bridgehead atoms. The van der Waals surface area contributed by atoms with Gasteiger partial charge in [-0.2, -0.15) is 0 Å². The number of phenols is 1. The minimum Gasteiger partial charge on any atom is -0.508 e. The lowest BCUT2D eigenvalue weighted by atomic mass is 10.0. The number of nitrogens with one attached hydrogen (secondary N) is 2. The molecule has 2 rings (SSSR count). The molecule has 1 saturated heterocycles. The predicted molar refractivity (Wildman–Crippen MR) is 127 cm³/mol. The maximum Gasteiger partial charge on any atom is 0.326 e. The lowest BCUT2D eigenvalue weighted by molar-refractivity contribution is -0.144. The molecule has 1 fully saturated rings. The Hall–Kier alpha value is -3.87. The molecule has 1 heterocycles. The highest BCUT2D eigenvalue weighted by Gasteiger charge is 2.36. The van der Waals surface area contributed by atoms with Crippen molar-refractivity contribution in [3.05, 3.63) is 29.8 Å². The molecule has 1 aromatic carbocycles. The first-order valence-electron chi connectivity index (χ1n) is 11.3. The van der Waals surface area contributed by atoms with Crippen molar-refractivity contribution in [2.75, 3.05) is 19.6 Å². The van der Waals surface area contributed by atoms with Crippen molar-refractivity contribution in [1.29, 1.82) is 0 Å². The number of benzene rings is 1. The van der Waals surface area contributed by atoms with Gasteiger partial charge in [0.25, 0.3) is 0 Å². The topological polar surface area (TPSA) is 226 Å². The summed E-state index contributed by atoms with van der Waals surface area (Å²) < 4.78 is 0. The highest BCUT2D eigenvalue weighted by Crippen LogP contribution is 2.18. The molecule has 0 aromatic heterocycles. The van der Waals surface area contributed by atoms with E-state index < -0.39 is 41.8 Å². The number of hydrogen-bond acceptors (Lipinski definition) is 7. The van der Waals surface area contributed by atoms with Gasteiger partial charge >= 0.3 is 5.97 Å². The zero-order valence-electron chi connectivity index (χ0n) is 19.4. The van der Waals surface area contributed by atoms with Crippen LogP contribution in [0.2, 0.25) is 0 Å². The molecular formula is C22H33N7O6. The number of phenolic OH excluding ortho intramolecular Hbond substituents is 1. The monoisotopic (exact) mass is 491 g/mol. The number of carboxylic acids is 1. The number of nitrogens with two attached hydrogens (primary N) is 3. The van der Waals surface area contributed by atoms with Crippen molar-refractivity contribution in [3.63, 3.8) is 0 Å². The van der Waals surface area contributed by atoms with Crippen molar-refractivity contribution >= 4 is 29.7 Å². The summed E-state index contributed by atoms with van der Waals surface area (Å²) in [6, 6.07) is 3.10. The Morgan fingerprint density at radius 3 is 2.49 bits per heavy atom. The summed E-state index contributed by atoms with van der Waals surface area (Å²) in [5, 5.41) is 23.9. The van der Waals surface area contributed by atoms with Gasteiger partial charge in [0.1, 0.15) is 17.8 Å². The second kappa shape index (κ2) is 13.1. The number of rotatable bonds is 12. The van der Waals surface area contributed by atoms with Crippen LogP contribution in [-0.4, -0.2) is 82.5 Å². The SMILES string of the molecule is NC(N)=NCCCC(N)C(=O)NCC(=O)N1CCCC1C(=O)NC(Cc1ccc(O)cc1)C(=O)O. The first kappa shape index (κ1) is 27.4. The van der Waals surface area contributed by atoms with Gasteiger partial charge in [-0.05, 0) is 43.4 Å². The number of carboxylic acid groups (broad SMARTS) is 1. The third-order valence-corrected chi connectivity index (χ3v) is 5.58. The lowest BCUT2D eigenvalue weighted by Gasteiger charge is -2.26. The fraction of sp³-hybridized carbons (Fsp3) is 0.500. The Bertz CT molecular complexity index is 933. The largest absolute Gasteiger partial charge is 0.508 e. The van der Waals surface area contributed by atoms with Crippen LogP contribution in [0.5, 0.6) is 5.75 Å². The van der Waals surface area contributed by atoms with Crippen molar-refractivity contribution < 1.29 is 29.4 Å². The van der Waals surface area contributed by atoms with Crippen molar-refractivity contribution in [2.24, 2.45) is 22.2 Å². The summed E-state index contributed by atoms with van der Waals surface area (Å²) >= 11 is 0. The summed E-state index contributed by atoms with van der Waals surface area (Å²) in [5.41, 5.74) is 16.9. The molecule has 1 aliphatic heterocycles. The van der Waals surface area contributed by atoms with Gasteiger partial charge in [-0.25, -0.2) is 4.79 Å². The Labute approximate surface area is 202 Å². The smallest absolute Gasteiger partial charge is 0.326 e. The highest BCUT2D eigenvalue weighted by molar-refractivity contribution is 5.93. The third kappa shape index (κ3) is 8.77. The molecule has 13 heteroatoms. The second-order valence-corrected chi connectivity index (χ2v) is 8.29. The van der Waals surface area contributed by atoms with Crippen LogP contribution < -0.4 is 27.8 Å². The first-order chi connectivity index (χ1) is 16.6. The van der Waals surface area contributed by atoms with E-state index in [1.165, 1.54) is 17.0 Å². The number of carbonyl (C=O) groups is 4. The molecular weight excluding hydrogens is 458 g/mol. The second-order valence-electron chi connectivity index (χ2n) is 8.29. The summed E-state index contributed by atoms with van der Waals surface area (Å²) in [4.78, 5) is 54.5. The van der Waals surface area contributed by atoms with Crippen LogP contribution in [-0.2, 0) is 25.6 Å². The van der Waals surface area contributed by atoms with Crippen LogP contribution in [0.15, 0.2) is 29.3 Å². The van der Waals surface area contributed by atoms with Crippen molar-refractivity contribution in [2.45, 2.75) is 50.2 Å². The molecule has 1 aromatic rings. The number of aliphatic imine (C=N–C) groups is 1. The Balaban J connectivity index is 1.87. The molecule has 35 heavy (non-hydrogen) atoms. The number of aliphatic carboxylic acids is 1. The summed E-state index contributed by atoms with van der Waals surface area (Å²) in [6.07, 6.45) is 1.77. The number of likely N-dealkylation sites (tertiary alicyclic amines) is 1. The Kier molecular flexibility index (Phi) is 10.3. The van der Waals surface area contributed by atoms with Crippen LogP contribution in [0.25, 0.3) is 0 Å². The standard InChI is InChI=1S/C22H33N7O6/c23-15(3-1-9-26-22(24)25)19(32)27-12-18(31)29-10-2-4-17(29)20(33)28-16(21(34)35)11-13-5-7-14(30)8-6-13/h5-8,15-17,30H,1-4,9-12,23H2,(H,27,32)(H,28,33)(H,34,35)(H4,24,25,26). The molecule has 192 valence electrons.